The minimum atomic E-state index is -0.601. The van der Waals surface area contributed by atoms with E-state index in [1.165, 1.54) is 0 Å². The second kappa shape index (κ2) is 7.31. The van der Waals surface area contributed by atoms with Crippen molar-refractivity contribution in [2.45, 2.75) is 25.9 Å². The van der Waals surface area contributed by atoms with Crippen LogP contribution in [0.5, 0.6) is 0 Å². The quantitative estimate of drug-likeness (QED) is 0.899. The highest BCUT2D eigenvalue weighted by Gasteiger charge is 2.32. The Morgan fingerprint density at radius 3 is 3.00 bits per heavy atom. The summed E-state index contributed by atoms with van der Waals surface area (Å²) in [5.74, 6) is 1.86. The minimum absolute atomic E-state index is 0.0454. The van der Waals surface area contributed by atoms with Gasteiger partial charge < -0.3 is 14.6 Å². The van der Waals surface area contributed by atoms with Crippen molar-refractivity contribution in [3.63, 3.8) is 0 Å². The molecule has 3 unspecified atom stereocenters. The molecule has 3 atom stereocenters. The smallest absolute Gasteiger partial charge is 0.226 e. The first-order valence-corrected chi connectivity index (χ1v) is 8.87. The monoisotopic (exact) mass is 311 g/mol. The number of thioether (sulfide) groups is 1. The Kier molecular flexibility index (Phi) is 5.70. The van der Waals surface area contributed by atoms with Gasteiger partial charge in [0.2, 0.25) is 5.91 Å². The standard InChI is InChI=1S/C15H25N3O2S/c1-11(10-21-3)15(20)18-7-4-5-12(9-18)13(19)14-16-6-8-17(14)2/h6,8,11-13,19H,4-5,7,9-10H2,1-3H3. The number of aryl methyl sites for hydroxylation is 1. The first-order chi connectivity index (χ1) is 10.0. The summed E-state index contributed by atoms with van der Waals surface area (Å²) in [6, 6.07) is 0. The van der Waals surface area contributed by atoms with Crippen molar-refractivity contribution < 1.29 is 9.90 Å². The maximum atomic E-state index is 12.4. The molecular formula is C15H25N3O2S. The molecule has 21 heavy (non-hydrogen) atoms. The molecule has 1 fully saturated rings. The zero-order valence-electron chi connectivity index (χ0n) is 13.0. The van der Waals surface area contributed by atoms with Gasteiger partial charge in [0, 0.05) is 50.1 Å². The number of imidazole rings is 1. The van der Waals surface area contributed by atoms with Crippen LogP contribution < -0.4 is 0 Å². The lowest BCUT2D eigenvalue weighted by Gasteiger charge is -2.36. The fourth-order valence-corrected chi connectivity index (χ4v) is 3.62. The molecule has 5 nitrogen and oxygen atoms in total. The number of amides is 1. The molecule has 0 bridgehead atoms. The van der Waals surface area contributed by atoms with Gasteiger partial charge in [0.25, 0.3) is 0 Å². The van der Waals surface area contributed by atoms with Crippen LogP contribution in [0.1, 0.15) is 31.7 Å². The molecule has 0 saturated carbocycles. The largest absolute Gasteiger partial charge is 0.385 e. The fraction of sp³-hybridized carbons (Fsp3) is 0.733. The molecule has 0 spiro atoms. The first kappa shape index (κ1) is 16.4. The van der Waals surface area contributed by atoms with Gasteiger partial charge in [0.1, 0.15) is 11.9 Å². The van der Waals surface area contributed by atoms with E-state index < -0.39 is 6.10 Å². The Bertz CT molecular complexity index is 477. The number of aliphatic hydroxyl groups is 1. The van der Waals surface area contributed by atoms with Crippen LogP contribution in [0.25, 0.3) is 0 Å². The van der Waals surface area contributed by atoms with Crippen LogP contribution in [0.3, 0.4) is 0 Å². The Morgan fingerprint density at radius 1 is 1.62 bits per heavy atom. The van der Waals surface area contributed by atoms with Gasteiger partial charge in [-0.1, -0.05) is 6.92 Å². The molecule has 1 aliphatic rings. The maximum absolute atomic E-state index is 12.4. The molecule has 1 N–H and O–H groups in total. The molecule has 1 amide bonds. The average molecular weight is 311 g/mol. The number of likely N-dealkylation sites (tertiary alicyclic amines) is 1. The van der Waals surface area contributed by atoms with Crippen LogP contribution in [-0.4, -0.2) is 50.6 Å². The van der Waals surface area contributed by atoms with Gasteiger partial charge >= 0.3 is 0 Å². The molecule has 0 aliphatic carbocycles. The SMILES string of the molecule is CSCC(C)C(=O)N1CCCC(C(O)c2nccn2C)C1. The Morgan fingerprint density at radius 2 is 2.38 bits per heavy atom. The van der Waals surface area contributed by atoms with E-state index in [0.717, 1.165) is 25.1 Å². The molecule has 1 aromatic rings. The second-order valence-electron chi connectivity index (χ2n) is 5.88. The highest BCUT2D eigenvalue weighted by Crippen LogP contribution is 2.29. The lowest BCUT2D eigenvalue weighted by Crippen LogP contribution is -2.44. The van der Waals surface area contributed by atoms with Crippen molar-refractivity contribution >= 4 is 17.7 Å². The van der Waals surface area contributed by atoms with Gasteiger partial charge in [-0.3, -0.25) is 4.79 Å². The van der Waals surface area contributed by atoms with Crippen molar-refractivity contribution in [3.05, 3.63) is 18.2 Å². The summed E-state index contributed by atoms with van der Waals surface area (Å²) in [7, 11) is 1.89. The number of piperidine rings is 1. The van der Waals surface area contributed by atoms with E-state index in [-0.39, 0.29) is 17.7 Å². The van der Waals surface area contributed by atoms with E-state index in [4.69, 9.17) is 0 Å². The van der Waals surface area contributed by atoms with Crippen molar-refractivity contribution in [2.24, 2.45) is 18.9 Å². The molecule has 6 heteroatoms. The predicted octanol–water partition coefficient (Wildman–Crippen LogP) is 1.69. The molecule has 1 aromatic heterocycles. The minimum Gasteiger partial charge on any atom is -0.385 e. The average Bonchev–Trinajstić information content (AvgIpc) is 2.92. The van der Waals surface area contributed by atoms with Crippen LogP contribution in [0.15, 0.2) is 12.4 Å². The maximum Gasteiger partial charge on any atom is 0.226 e. The Hall–Kier alpha value is -1.01. The topological polar surface area (TPSA) is 58.4 Å². The Balaban J connectivity index is 2.00. The van der Waals surface area contributed by atoms with E-state index in [1.54, 1.807) is 18.0 Å². The zero-order chi connectivity index (χ0) is 15.4. The normalized spacial score (nSPS) is 22.1. The van der Waals surface area contributed by atoms with Gasteiger partial charge in [0.05, 0.1) is 0 Å². The van der Waals surface area contributed by atoms with Crippen LogP contribution in [0.4, 0.5) is 0 Å². The summed E-state index contributed by atoms with van der Waals surface area (Å²) in [4.78, 5) is 18.6. The number of carbonyl (C=O) groups is 1. The van der Waals surface area contributed by atoms with Crippen LogP contribution in [0, 0.1) is 11.8 Å². The summed E-state index contributed by atoms with van der Waals surface area (Å²) < 4.78 is 1.85. The van der Waals surface area contributed by atoms with Crippen molar-refractivity contribution in [1.82, 2.24) is 14.5 Å². The molecule has 0 radical (unpaired) electrons. The lowest BCUT2D eigenvalue weighted by atomic mass is 9.91. The highest BCUT2D eigenvalue weighted by atomic mass is 32.2. The number of hydrogen-bond acceptors (Lipinski definition) is 4. The number of nitrogens with zero attached hydrogens (tertiary/aromatic N) is 3. The summed E-state index contributed by atoms with van der Waals surface area (Å²) in [5, 5.41) is 10.5. The van der Waals surface area contributed by atoms with Gasteiger partial charge in [-0.2, -0.15) is 11.8 Å². The van der Waals surface area contributed by atoms with Crippen LogP contribution >= 0.6 is 11.8 Å². The molecule has 1 saturated heterocycles. The van der Waals surface area contributed by atoms with Gasteiger partial charge in [-0.25, -0.2) is 4.98 Å². The first-order valence-electron chi connectivity index (χ1n) is 7.47. The van der Waals surface area contributed by atoms with Crippen LogP contribution in [0.2, 0.25) is 0 Å². The fourth-order valence-electron chi connectivity index (χ4n) is 2.97. The number of rotatable bonds is 5. The molecule has 2 rings (SSSR count). The molecule has 1 aliphatic heterocycles. The number of aromatic nitrogens is 2. The Labute approximate surface area is 130 Å². The summed E-state index contributed by atoms with van der Waals surface area (Å²) in [5.41, 5.74) is 0. The lowest BCUT2D eigenvalue weighted by molar-refractivity contribution is -0.137. The molecular weight excluding hydrogens is 286 g/mol. The van der Waals surface area contributed by atoms with Gasteiger partial charge in [-0.05, 0) is 19.1 Å². The molecule has 2 heterocycles. The van der Waals surface area contributed by atoms with Gasteiger partial charge in [-0.15, -0.1) is 0 Å². The number of hydrogen-bond donors (Lipinski definition) is 1. The third-order valence-corrected chi connectivity index (χ3v) is 5.01. The summed E-state index contributed by atoms with van der Waals surface area (Å²) in [6.07, 6.45) is 6.85. The highest BCUT2D eigenvalue weighted by molar-refractivity contribution is 7.98. The summed E-state index contributed by atoms with van der Waals surface area (Å²) in [6.45, 7) is 3.42. The van der Waals surface area contributed by atoms with E-state index >= 15 is 0 Å². The number of carbonyl (C=O) groups excluding carboxylic acids is 1. The predicted molar refractivity (Wildman–Crippen MR) is 85.0 cm³/mol. The van der Waals surface area contributed by atoms with Crippen LogP contribution in [-0.2, 0) is 11.8 Å². The van der Waals surface area contributed by atoms with E-state index in [1.807, 2.05) is 35.9 Å². The third-order valence-electron chi connectivity index (χ3n) is 4.18. The van der Waals surface area contributed by atoms with E-state index in [0.29, 0.717) is 12.4 Å². The van der Waals surface area contributed by atoms with E-state index in [9.17, 15) is 9.90 Å². The van der Waals surface area contributed by atoms with Crippen molar-refractivity contribution in [2.75, 3.05) is 25.1 Å². The number of aliphatic hydroxyl groups excluding tert-OH is 1. The zero-order valence-corrected chi connectivity index (χ0v) is 13.8. The summed E-state index contributed by atoms with van der Waals surface area (Å²) >= 11 is 1.70. The second-order valence-corrected chi connectivity index (χ2v) is 6.79. The molecule has 0 aromatic carbocycles. The van der Waals surface area contributed by atoms with Crippen molar-refractivity contribution in [1.29, 1.82) is 0 Å². The van der Waals surface area contributed by atoms with E-state index in [2.05, 4.69) is 4.98 Å². The third kappa shape index (κ3) is 3.80. The van der Waals surface area contributed by atoms with Crippen molar-refractivity contribution in [3.8, 4) is 0 Å². The molecule has 118 valence electrons. The van der Waals surface area contributed by atoms with Gasteiger partial charge in [0.15, 0.2) is 0 Å².